The van der Waals surface area contributed by atoms with Crippen LogP contribution in [0.3, 0.4) is 0 Å². The lowest BCUT2D eigenvalue weighted by atomic mass is 10.00. The molecule has 11 heavy (non-hydrogen) atoms. The quantitative estimate of drug-likeness (QED) is 0.524. The second-order valence-electron chi connectivity index (χ2n) is 3.24. The molecule has 1 nitrogen and oxygen atoms in total. The maximum Gasteiger partial charge on any atom is 0.133 e. The highest BCUT2D eigenvalue weighted by Gasteiger charge is 2.21. The second-order valence-corrected chi connectivity index (χ2v) is 3.80. The zero-order valence-corrected chi connectivity index (χ0v) is 8.19. The molecule has 1 saturated carbocycles. The van der Waals surface area contributed by atoms with E-state index in [1.54, 1.807) is 0 Å². The highest BCUT2D eigenvalue weighted by atomic mass is 79.9. The number of hydrogen-bond donors (Lipinski definition) is 0. The van der Waals surface area contributed by atoms with E-state index in [2.05, 4.69) is 22.5 Å². The zero-order chi connectivity index (χ0) is 8.27. The predicted octanol–water partition coefficient (Wildman–Crippen LogP) is 2.70. The van der Waals surface area contributed by atoms with E-state index in [4.69, 9.17) is 0 Å². The summed E-state index contributed by atoms with van der Waals surface area (Å²) in [6, 6.07) is 0. The summed E-state index contributed by atoms with van der Waals surface area (Å²) in [4.78, 5) is 10.9. The van der Waals surface area contributed by atoms with E-state index in [9.17, 15) is 4.79 Å². The molecule has 0 aliphatic heterocycles. The Bertz CT molecular complexity index is 174. The van der Waals surface area contributed by atoms with Gasteiger partial charge < -0.3 is 0 Å². The van der Waals surface area contributed by atoms with E-state index in [0.717, 1.165) is 31.0 Å². The van der Waals surface area contributed by atoms with Crippen LogP contribution in [-0.2, 0) is 4.79 Å². The van der Waals surface area contributed by atoms with Crippen LogP contribution in [0.2, 0.25) is 0 Å². The van der Waals surface area contributed by atoms with Crippen LogP contribution in [0.4, 0.5) is 0 Å². The molecule has 1 unspecified atom stereocenters. The normalized spacial score (nSPS) is 24.1. The average Bonchev–Trinajstić information content (AvgIpc) is 2.35. The molecule has 0 aromatic heterocycles. The number of ketones is 1. The van der Waals surface area contributed by atoms with Gasteiger partial charge in [-0.3, -0.25) is 4.79 Å². The maximum absolute atomic E-state index is 10.9. The van der Waals surface area contributed by atoms with Crippen molar-refractivity contribution in [1.29, 1.82) is 0 Å². The van der Waals surface area contributed by atoms with E-state index >= 15 is 0 Å². The third-order valence-electron chi connectivity index (χ3n) is 2.11. The number of allylic oxidation sites excluding steroid dienone is 1. The fraction of sp³-hybridized carbons (Fsp3) is 0.667. The summed E-state index contributed by atoms with van der Waals surface area (Å²) < 4.78 is 0. The standard InChI is InChI=1S/C9H13BrO/c1-7(6-10)4-8-2-3-9(11)5-8/h8H,1-6H2. The van der Waals surface area contributed by atoms with Gasteiger partial charge in [-0.05, 0) is 18.8 Å². The molecule has 0 bridgehead atoms. The van der Waals surface area contributed by atoms with Crippen LogP contribution in [0.25, 0.3) is 0 Å². The first-order chi connectivity index (χ1) is 5.22. The Labute approximate surface area is 76.0 Å². The van der Waals surface area contributed by atoms with Crippen molar-refractivity contribution in [2.45, 2.75) is 25.7 Å². The van der Waals surface area contributed by atoms with Gasteiger partial charge in [0.2, 0.25) is 0 Å². The third kappa shape index (κ3) is 2.78. The van der Waals surface area contributed by atoms with Gasteiger partial charge in [-0.25, -0.2) is 0 Å². The molecule has 0 aromatic carbocycles. The van der Waals surface area contributed by atoms with Crippen molar-refractivity contribution in [3.05, 3.63) is 12.2 Å². The van der Waals surface area contributed by atoms with Gasteiger partial charge in [0.25, 0.3) is 0 Å². The molecule has 0 heterocycles. The van der Waals surface area contributed by atoms with Crippen LogP contribution in [0, 0.1) is 5.92 Å². The van der Waals surface area contributed by atoms with Crippen molar-refractivity contribution in [1.82, 2.24) is 0 Å². The fourth-order valence-corrected chi connectivity index (χ4v) is 1.76. The first-order valence-electron chi connectivity index (χ1n) is 3.96. The van der Waals surface area contributed by atoms with E-state index in [-0.39, 0.29) is 0 Å². The molecular weight excluding hydrogens is 204 g/mol. The Hall–Kier alpha value is -0.110. The molecule has 0 N–H and O–H groups in total. The van der Waals surface area contributed by atoms with Crippen LogP contribution in [-0.4, -0.2) is 11.1 Å². The Balaban J connectivity index is 2.28. The monoisotopic (exact) mass is 216 g/mol. The van der Waals surface area contributed by atoms with Gasteiger partial charge in [-0.2, -0.15) is 0 Å². The molecule has 1 aliphatic rings. The number of alkyl halides is 1. The largest absolute Gasteiger partial charge is 0.300 e. The molecule has 0 amide bonds. The van der Waals surface area contributed by atoms with Crippen molar-refractivity contribution < 1.29 is 4.79 Å². The van der Waals surface area contributed by atoms with Gasteiger partial charge in [-0.15, -0.1) is 0 Å². The number of hydrogen-bond acceptors (Lipinski definition) is 1. The molecule has 1 fully saturated rings. The van der Waals surface area contributed by atoms with E-state index in [1.165, 1.54) is 5.57 Å². The van der Waals surface area contributed by atoms with Crippen molar-refractivity contribution in [3.8, 4) is 0 Å². The van der Waals surface area contributed by atoms with Gasteiger partial charge in [0.15, 0.2) is 0 Å². The zero-order valence-electron chi connectivity index (χ0n) is 6.61. The fourth-order valence-electron chi connectivity index (χ4n) is 1.53. The Kier molecular flexibility index (Phi) is 3.31. The van der Waals surface area contributed by atoms with Crippen molar-refractivity contribution in [2.75, 3.05) is 5.33 Å². The van der Waals surface area contributed by atoms with Crippen LogP contribution >= 0.6 is 15.9 Å². The molecular formula is C9H13BrO. The molecule has 62 valence electrons. The summed E-state index contributed by atoms with van der Waals surface area (Å²) in [5.41, 5.74) is 1.21. The Morgan fingerprint density at radius 2 is 2.45 bits per heavy atom. The highest BCUT2D eigenvalue weighted by molar-refractivity contribution is 9.09. The van der Waals surface area contributed by atoms with E-state index in [1.807, 2.05) is 0 Å². The van der Waals surface area contributed by atoms with Crippen molar-refractivity contribution in [2.24, 2.45) is 5.92 Å². The lowest BCUT2D eigenvalue weighted by molar-refractivity contribution is -0.117. The Morgan fingerprint density at radius 3 is 2.91 bits per heavy atom. The van der Waals surface area contributed by atoms with E-state index in [0.29, 0.717) is 11.7 Å². The van der Waals surface area contributed by atoms with Gasteiger partial charge in [0, 0.05) is 18.2 Å². The minimum atomic E-state index is 0.428. The number of rotatable bonds is 3. The second kappa shape index (κ2) is 4.05. The van der Waals surface area contributed by atoms with Crippen molar-refractivity contribution >= 4 is 21.7 Å². The van der Waals surface area contributed by atoms with E-state index < -0.39 is 0 Å². The summed E-state index contributed by atoms with van der Waals surface area (Å²) in [7, 11) is 0. The maximum atomic E-state index is 10.9. The summed E-state index contributed by atoms with van der Waals surface area (Å²) in [5, 5.41) is 0.873. The average molecular weight is 217 g/mol. The van der Waals surface area contributed by atoms with Crippen LogP contribution in [0.5, 0.6) is 0 Å². The van der Waals surface area contributed by atoms with Gasteiger partial charge in [0.1, 0.15) is 5.78 Å². The molecule has 0 aromatic rings. The first kappa shape index (κ1) is 8.98. The lowest BCUT2D eigenvalue weighted by Crippen LogP contribution is -1.97. The molecule has 0 radical (unpaired) electrons. The first-order valence-corrected chi connectivity index (χ1v) is 5.09. The number of halogens is 1. The highest BCUT2D eigenvalue weighted by Crippen LogP contribution is 2.27. The molecule has 1 rings (SSSR count). The van der Waals surface area contributed by atoms with Crippen LogP contribution in [0.1, 0.15) is 25.7 Å². The smallest absolute Gasteiger partial charge is 0.133 e. The summed E-state index contributed by atoms with van der Waals surface area (Å²) in [6.45, 7) is 3.90. The minimum absolute atomic E-state index is 0.428. The predicted molar refractivity (Wildman–Crippen MR) is 49.9 cm³/mol. The van der Waals surface area contributed by atoms with Crippen LogP contribution < -0.4 is 0 Å². The van der Waals surface area contributed by atoms with Gasteiger partial charge in [0.05, 0.1) is 0 Å². The summed E-state index contributed by atoms with van der Waals surface area (Å²) in [5.74, 6) is 1.02. The number of carbonyl (C=O) groups is 1. The Morgan fingerprint density at radius 1 is 1.73 bits per heavy atom. The molecule has 1 atom stereocenters. The topological polar surface area (TPSA) is 17.1 Å². The summed E-state index contributed by atoms with van der Waals surface area (Å²) in [6.07, 6.45) is 3.67. The van der Waals surface area contributed by atoms with Crippen LogP contribution in [0.15, 0.2) is 12.2 Å². The molecule has 0 saturated heterocycles. The minimum Gasteiger partial charge on any atom is -0.300 e. The summed E-state index contributed by atoms with van der Waals surface area (Å²) >= 11 is 3.35. The molecule has 2 heteroatoms. The van der Waals surface area contributed by atoms with Crippen molar-refractivity contribution in [3.63, 3.8) is 0 Å². The third-order valence-corrected chi connectivity index (χ3v) is 2.91. The lowest BCUT2D eigenvalue weighted by Gasteiger charge is -2.07. The number of Topliss-reactive ketones (excluding diaryl/α,β-unsaturated/α-hetero) is 1. The molecule has 0 spiro atoms. The molecule has 1 aliphatic carbocycles. The number of carbonyl (C=O) groups excluding carboxylic acids is 1. The SMILES string of the molecule is C=C(CBr)CC1CCC(=O)C1. The van der Waals surface area contributed by atoms with Gasteiger partial charge in [-0.1, -0.05) is 28.1 Å². The van der Waals surface area contributed by atoms with Gasteiger partial charge >= 0.3 is 0 Å².